The molecule has 0 N–H and O–H groups in total. The van der Waals surface area contributed by atoms with Crippen molar-refractivity contribution in [3.8, 4) is 0 Å². The fourth-order valence-electron chi connectivity index (χ4n) is 5.88. The van der Waals surface area contributed by atoms with Crippen molar-refractivity contribution < 1.29 is 28.6 Å². The second-order valence-electron chi connectivity index (χ2n) is 12.2. The summed E-state index contributed by atoms with van der Waals surface area (Å²) in [5, 5.41) is 0. The third-order valence-corrected chi connectivity index (χ3v) is 8.33. The molecular weight excluding hydrogens is 448 g/mol. The highest BCUT2D eigenvalue weighted by molar-refractivity contribution is 5.93. The molecule has 0 spiro atoms. The van der Waals surface area contributed by atoms with Gasteiger partial charge in [0.05, 0.1) is 12.0 Å². The number of hydrogen-bond donors (Lipinski definition) is 0. The van der Waals surface area contributed by atoms with Gasteiger partial charge >= 0.3 is 18.0 Å². The lowest BCUT2D eigenvalue weighted by Gasteiger charge is -2.35. The zero-order chi connectivity index (χ0) is 26.0. The highest BCUT2D eigenvalue weighted by atomic mass is 16.6. The van der Waals surface area contributed by atoms with Gasteiger partial charge in [0.2, 0.25) is 5.60 Å². The third-order valence-electron chi connectivity index (χ3n) is 8.33. The van der Waals surface area contributed by atoms with Gasteiger partial charge in [0, 0.05) is 29.3 Å². The smallest absolute Gasteiger partial charge is 0.410 e. The lowest BCUT2D eigenvalue weighted by atomic mass is 9.66. The van der Waals surface area contributed by atoms with Gasteiger partial charge in [-0.25, -0.2) is 9.59 Å². The Bertz CT molecular complexity index is 1040. The van der Waals surface area contributed by atoms with Crippen molar-refractivity contribution in [2.75, 3.05) is 13.1 Å². The van der Waals surface area contributed by atoms with Crippen LogP contribution in [-0.4, -0.2) is 58.3 Å². The van der Waals surface area contributed by atoms with Gasteiger partial charge in [-0.15, -0.1) is 0 Å². The highest BCUT2D eigenvalue weighted by Crippen LogP contribution is 2.66. The van der Waals surface area contributed by atoms with Crippen molar-refractivity contribution in [2.45, 2.75) is 92.0 Å². The van der Waals surface area contributed by atoms with Crippen molar-refractivity contribution in [3.63, 3.8) is 0 Å². The van der Waals surface area contributed by atoms with Gasteiger partial charge in [-0.05, 0) is 78.5 Å². The Morgan fingerprint density at radius 3 is 2.37 bits per heavy atom. The molecule has 2 unspecified atom stereocenters. The topological polar surface area (TPSA) is 95.0 Å². The maximum absolute atomic E-state index is 13.6. The molecule has 2 bridgehead atoms. The molecule has 1 aliphatic carbocycles. The van der Waals surface area contributed by atoms with Gasteiger partial charge in [0.25, 0.3) is 0 Å². The van der Waals surface area contributed by atoms with E-state index in [2.05, 4.69) is 4.98 Å². The number of carbonyl (C=O) groups excluding carboxylic acids is 3. The minimum absolute atomic E-state index is 0.162. The summed E-state index contributed by atoms with van der Waals surface area (Å²) in [7, 11) is 0. The molecule has 35 heavy (non-hydrogen) atoms. The minimum Gasteiger partial charge on any atom is -0.457 e. The Labute approximate surface area is 207 Å². The number of fused-ring (bicyclic) bond motifs is 2. The number of aryl methyl sites for hydroxylation is 2. The van der Waals surface area contributed by atoms with Crippen molar-refractivity contribution in [2.24, 2.45) is 16.7 Å². The standard InChI is InChI=1S/C27H38N2O6/c1-16-11-17(2)28-19(12-16)13-18-14-29(23(32)35-24(3,4)5)15-20(18)33-22(31)27-10-9-26(8,21(30)34-27)25(27,6)7/h11-12,18,20H,9-10,13-15H2,1-8H3/t18-,20+,26?,27?/m0/s1. The van der Waals surface area contributed by atoms with Crippen LogP contribution in [0.1, 0.15) is 71.3 Å². The second-order valence-corrected chi connectivity index (χ2v) is 12.2. The Balaban J connectivity index is 1.58. The third kappa shape index (κ3) is 4.19. The second kappa shape index (κ2) is 8.20. The summed E-state index contributed by atoms with van der Waals surface area (Å²) in [4.78, 5) is 45.4. The number of esters is 2. The zero-order valence-electron chi connectivity index (χ0n) is 22.2. The van der Waals surface area contributed by atoms with E-state index in [4.69, 9.17) is 14.2 Å². The van der Waals surface area contributed by atoms with E-state index >= 15 is 0 Å². The van der Waals surface area contributed by atoms with Crippen molar-refractivity contribution in [1.29, 1.82) is 0 Å². The van der Waals surface area contributed by atoms with Crippen LogP contribution in [0, 0.1) is 30.6 Å². The highest BCUT2D eigenvalue weighted by Gasteiger charge is 2.76. The van der Waals surface area contributed by atoms with Crippen LogP contribution in [0.15, 0.2) is 12.1 Å². The zero-order valence-corrected chi connectivity index (χ0v) is 22.2. The summed E-state index contributed by atoms with van der Waals surface area (Å²) in [5.41, 5.74) is -0.438. The largest absolute Gasteiger partial charge is 0.457 e. The molecule has 4 rings (SSSR count). The molecule has 3 fully saturated rings. The van der Waals surface area contributed by atoms with E-state index in [1.54, 1.807) is 4.90 Å². The number of amides is 1. The number of hydrogen-bond acceptors (Lipinski definition) is 7. The van der Waals surface area contributed by atoms with Crippen molar-refractivity contribution >= 4 is 18.0 Å². The summed E-state index contributed by atoms with van der Waals surface area (Å²) in [6.07, 6.45) is 0.571. The molecule has 3 heterocycles. The average molecular weight is 487 g/mol. The first-order chi connectivity index (χ1) is 16.1. The lowest BCUT2D eigenvalue weighted by molar-refractivity contribution is -0.188. The van der Waals surface area contributed by atoms with Gasteiger partial charge in [-0.3, -0.25) is 9.78 Å². The van der Waals surface area contributed by atoms with Gasteiger partial charge in [0.1, 0.15) is 11.7 Å². The Hall–Kier alpha value is -2.64. The molecular formula is C27H38N2O6. The molecule has 1 saturated carbocycles. The fourth-order valence-corrected chi connectivity index (χ4v) is 5.88. The van der Waals surface area contributed by atoms with Gasteiger partial charge < -0.3 is 19.1 Å². The number of nitrogens with zero attached hydrogens (tertiary/aromatic N) is 2. The monoisotopic (exact) mass is 486 g/mol. The molecule has 0 radical (unpaired) electrons. The molecule has 3 aliphatic rings. The Kier molecular flexibility index (Phi) is 5.97. The normalized spacial score (nSPS) is 31.4. The molecule has 1 aromatic rings. The number of likely N-dealkylation sites (tertiary alicyclic amines) is 1. The predicted octanol–water partition coefficient (Wildman–Crippen LogP) is 4.14. The van der Waals surface area contributed by atoms with Crippen LogP contribution in [0.4, 0.5) is 4.79 Å². The van der Waals surface area contributed by atoms with E-state index < -0.39 is 40.2 Å². The molecule has 1 amide bonds. The first-order valence-electron chi connectivity index (χ1n) is 12.4. The Morgan fingerprint density at radius 2 is 1.83 bits per heavy atom. The number of ether oxygens (including phenoxy) is 3. The fraction of sp³-hybridized carbons (Fsp3) is 0.704. The van der Waals surface area contributed by atoms with E-state index in [1.165, 1.54) is 0 Å². The van der Waals surface area contributed by atoms with Crippen LogP contribution >= 0.6 is 0 Å². The molecule has 1 aromatic heterocycles. The van der Waals surface area contributed by atoms with Crippen molar-refractivity contribution in [1.82, 2.24) is 9.88 Å². The number of aromatic nitrogens is 1. The predicted molar refractivity (Wildman–Crippen MR) is 129 cm³/mol. The van der Waals surface area contributed by atoms with Gasteiger partial charge in [-0.1, -0.05) is 13.8 Å². The Morgan fingerprint density at radius 1 is 1.14 bits per heavy atom. The minimum atomic E-state index is -1.30. The quantitative estimate of drug-likeness (QED) is 0.466. The van der Waals surface area contributed by atoms with Crippen LogP contribution in [0.25, 0.3) is 0 Å². The maximum Gasteiger partial charge on any atom is 0.410 e. The SMILES string of the molecule is Cc1cc(C)nc(C[C@H]2CN(C(=O)OC(C)(C)C)C[C@H]2OC(=O)C23CCC(C)(C(=O)O2)C3(C)C)c1. The van der Waals surface area contributed by atoms with E-state index in [-0.39, 0.29) is 18.4 Å². The van der Waals surface area contributed by atoms with E-state index in [0.29, 0.717) is 25.8 Å². The molecule has 192 valence electrons. The summed E-state index contributed by atoms with van der Waals surface area (Å²) in [6.45, 7) is 15.7. The molecule has 8 heteroatoms. The molecule has 4 atom stereocenters. The number of carbonyl (C=O) groups is 3. The average Bonchev–Trinajstić information content (AvgIpc) is 3.23. The molecule has 8 nitrogen and oxygen atoms in total. The summed E-state index contributed by atoms with van der Waals surface area (Å²) < 4.78 is 17.4. The van der Waals surface area contributed by atoms with E-state index in [0.717, 1.165) is 17.0 Å². The summed E-state index contributed by atoms with van der Waals surface area (Å²) in [6, 6.07) is 4.03. The van der Waals surface area contributed by atoms with Gasteiger partial charge in [0.15, 0.2) is 0 Å². The summed E-state index contributed by atoms with van der Waals surface area (Å²) >= 11 is 0. The molecule has 2 saturated heterocycles. The molecule has 2 aliphatic heterocycles. The van der Waals surface area contributed by atoms with Crippen LogP contribution in [0.2, 0.25) is 0 Å². The van der Waals surface area contributed by atoms with Crippen LogP contribution in [0.5, 0.6) is 0 Å². The van der Waals surface area contributed by atoms with Crippen molar-refractivity contribution in [3.05, 3.63) is 29.1 Å². The van der Waals surface area contributed by atoms with Crippen LogP contribution in [-0.2, 0) is 30.2 Å². The maximum atomic E-state index is 13.6. The van der Waals surface area contributed by atoms with E-state index in [9.17, 15) is 14.4 Å². The van der Waals surface area contributed by atoms with Gasteiger partial charge in [-0.2, -0.15) is 0 Å². The van der Waals surface area contributed by atoms with Crippen LogP contribution in [0.3, 0.4) is 0 Å². The number of rotatable bonds is 4. The van der Waals surface area contributed by atoms with E-state index in [1.807, 2.05) is 67.5 Å². The lowest BCUT2D eigenvalue weighted by Crippen LogP contribution is -2.50. The summed E-state index contributed by atoms with van der Waals surface area (Å²) in [5.74, 6) is -1.03. The number of pyridine rings is 1. The van der Waals surface area contributed by atoms with Crippen LogP contribution < -0.4 is 0 Å². The first-order valence-corrected chi connectivity index (χ1v) is 12.4. The molecule has 0 aromatic carbocycles. The first kappa shape index (κ1) is 25.5.